The van der Waals surface area contributed by atoms with Crippen LogP contribution >= 0.6 is 0 Å². The molecule has 1 aliphatic rings. The van der Waals surface area contributed by atoms with Gasteiger partial charge >= 0.3 is 5.97 Å². The summed E-state index contributed by atoms with van der Waals surface area (Å²) >= 11 is 0. The van der Waals surface area contributed by atoms with Gasteiger partial charge in [-0.3, -0.25) is 14.4 Å². The van der Waals surface area contributed by atoms with Crippen LogP contribution in [0.4, 0.5) is 5.69 Å². The van der Waals surface area contributed by atoms with E-state index in [9.17, 15) is 19.2 Å². The predicted octanol–water partition coefficient (Wildman–Crippen LogP) is 4.31. The average molecular weight is 413 g/mol. The van der Waals surface area contributed by atoms with Gasteiger partial charge in [0.05, 0.1) is 22.4 Å². The lowest BCUT2D eigenvalue weighted by Crippen LogP contribution is -2.30. The number of hydrogen-bond acceptors (Lipinski definition) is 5. The lowest BCUT2D eigenvalue weighted by atomic mass is 10.0. The number of benzene rings is 3. The number of nitrogens with zero attached hydrogens (tertiary/aromatic N) is 1. The molecule has 1 unspecified atom stereocenters. The zero-order chi connectivity index (χ0) is 22.0. The minimum Gasteiger partial charge on any atom is -0.450 e. The standard InChI is InChI=1S/C25H19NO5/c1-2-21(22(27)16-9-4-3-5-10-16)31-25(30)17-11-8-12-18(15-17)26-23(28)19-13-6-7-14-20(19)24(26)29/h3-15,21H,2H2,1H3. The molecule has 0 fully saturated rings. The summed E-state index contributed by atoms with van der Waals surface area (Å²) in [5.41, 5.74) is 1.51. The average Bonchev–Trinajstić information content (AvgIpc) is 3.07. The van der Waals surface area contributed by atoms with Crippen LogP contribution in [0.5, 0.6) is 0 Å². The second-order valence-corrected chi connectivity index (χ2v) is 7.07. The normalized spacial score (nSPS) is 13.6. The molecular weight excluding hydrogens is 394 g/mol. The topological polar surface area (TPSA) is 80.8 Å². The Kier molecular flexibility index (Phi) is 5.45. The molecule has 3 aromatic rings. The van der Waals surface area contributed by atoms with E-state index in [1.54, 1.807) is 73.7 Å². The fourth-order valence-corrected chi connectivity index (χ4v) is 3.50. The van der Waals surface area contributed by atoms with Crippen molar-refractivity contribution in [1.29, 1.82) is 0 Å². The number of fused-ring (bicyclic) bond motifs is 1. The number of amides is 2. The second-order valence-electron chi connectivity index (χ2n) is 7.07. The van der Waals surface area contributed by atoms with Crippen molar-refractivity contribution in [3.8, 4) is 0 Å². The molecule has 6 nitrogen and oxygen atoms in total. The summed E-state index contributed by atoms with van der Waals surface area (Å²) in [5.74, 6) is -1.88. The van der Waals surface area contributed by atoms with Gasteiger partial charge in [0.15, 0.2) is 6.10 Å². The van der Waals surface area contributed by atoms with Crippen molar-refractivity contribution in [2.24, 2.45) is 0 Å². The highest BCUT2D eigenvalue weighted by atomic mass is 16.5. The highest BCUT2D eigenvalue weighted by Gasteiger charge is 2.36. The van der Waals surface area contributed by atoms with Crippen molar-refractivity contribution in [3.63, 3.8) is 0 Å². The van der Waals surface area contributed by atoms with E-state index in [1.165, 1.54) is 12.1 Å². The van der Waals surface area contributed by atoms with Crippen LogP contribution in [0.15, 0.2) is 78.9 Å². The number of hydrogen-bond donors (Lipinski definition) is 0. The first kappa shape index (κ1) is 20.2. The van der Waals surface area contributed by atoms with Crippen molar-refractivity contribution >= 4 is 29.3 Å². The fourth-order valence-electron chi connectivity index (χ4n) is 3.50. The van der Waals surface area contributed by atoms with E-state index in [2.05, 4.69) is 0 Å². The van der Waals surface area contributed by atoms with Gasteiger partial charge in [-0.15, -0.1) is 0 Å². The maximum atomic E-state index is 12.7. The molecule has 1 atom stereocenters. The summed E-state index contributed by atoms with van der Waals surface area (Å²) < 4.78 is 5.46. The smallest absolute Gasteiger partial charge is 0.338 e. The summed E-state index contributed by atoms with van der Waals surface area (Å²) in [6, 6.07) is 21.3. The third kappa shape index (κ3) is 3.75. The molecule has 4 rings (SSSR count). The Balaban J connectivity index is 1.56. The van der Waals surface area contributed by atoms with Gasteiger partial charge in [-0.05, 0) is 36.8 Å². The first-order valence-electron chi connectivity index (χ1n) is 9.89. The second kappa shape index (κ2) is 8.36. The van der Waals surface area contributed by atoms with Crippen molar-refractivity contribution in [1.82, 2.24) is 0 Å². The highest BCUT2D eigenvalue weighted by Crippen LogP contribution is 2.29. The van der Waals surface area contributed by atoms with Gasteiger partial charge in [-0.25, -0.2) is 9.69 Å². The zero-order valence-electron chi connectivity index (χ0n) is 16.8. The highest BCUT2D eigenvalue weighted by molar-refractivity contribution is 6.34. The lowest BCUT2D eigenvalue weighted by molar-refractivity contribution is 0.0277. The molecule has 31 heavy (non-hydrogen) atoms. The molecule has 2 amide bonds. The van der Waals surface area contributed by atoms with Gasteiger partial charge in [0.25, 0.3) is 11.8 Å². The van der Waals surface area contributed by atoms with Crippen LogP contribution in [0.25, 0.3) is 0 Å². The Hall–Kier alpha value is -4.06. The molecular formula is C25H19NO5. The Morgan fingerprint density at radius 1 is 0.806 bits per heavy atom. The molecule has 0 aromatic heterocycles. The number of Topliss-reactive ketones (excluding diaryl/α,β-unsaturated/α-hetero) is 1. The number of anilines is 1. The monoisotopic (exact) mass is 413 g/mol. The van der Waals surface area contributed by atoms with Gasteiger partial charge in [0.1, 0.15) is 0 Å². The maximum absolute atomic E-state index is 12.7. The van der Waals surface area contributed by atoms with E-state index in [0.717, 1.165) is 4.90 Å². The molecule has 154 valence electrons. The number of ketones is 1. The van der Waals surface area contributed by atoms with Crippen molar-refractivity contribution < 1.29 is 23.9 Å². The molecule has 1 aliphatic heterocycles. The first-order chi connectivity index (χ1) is 15.0. The van der Waals surface area contributed by atoms with Crippen LogP contribution in [0.2, 0.25) is 0 Å². The summed E-state index contributed by atoms with van der Waals surface area (Å²) in [6.45, 7) is 1.76. The largest absolute Gasteiger partial charge is 0.450 e. The van der Waals surface area contributed by atoms with Crippen molar-refractivity contribution in [2.45, 2.75) is 19.4 Å². The number of carbonyl (C=O) groups excluding carboxylic acids is 4. The van der Waals surface area contributed by atoms with Gasteiger partial charge in [0.2, 0.25) is 5.78 Å². The van der Waals surface area contributed by atoms with Crippen LogP contribution in [-0.2, 0) is 4.74 Å². The minimum atomic E-state index is -0.933. The molecule has 0 bridgehead atoms. The third-order valence-corrected chi connectivity index (χ3v) is 5.10. The van der Waals surface area contributed by atoms with E-state index in [4.69, 9.17) is 4.74 Å². The zero-order valence-corrected chi connectivity index (χ0v) is 16.8. The summed E-state index contributed by atoms with van der Waals surface area (Å²) in [5, 5.41) is 0. The van der Waals surface area contributed by atoms with Crippen LogP contribution in [0, 0.1) is 0 Å². The Morgan fingerprint density at radius 2 is 1.39 bits per heavy atom. The number of rotatable bonds is 6. The number of carbonyl (C=O) groups is 4. The Bertz CT molecular complexity index is 1150. The van der Waals surface area contributed by atoms with Crippen LogP contribution in [0.1, 0.15) is 54.8 Å². The molecule has 1 heterocycles. The lowest BCUT2D eigenvalue weighted by Gasteiger charge is -2.17. The van der Waals surface area contributed by atoms with Crippen molar-refractivity contribution in [2.75, 3.05) is 4.90 Å². The summed E-state index contributed by atoms with van der Waals surface area (Å²) in [4.78, 5) is 51.8. The molecule has 0 saturated heterocycles. The van der Waals surface area contributed by atoms with Crippen molar-refractivity contribution in [3.05, 3.63) is 101 Å². The van der Waals surface area contributed by atoms with E-state index >= 15 is 0 Å². The van der Waals surface area contributed by atoms with E-state index in [1.807, 2.05) is 0 Å². The molecule has 0 spiro atoms. The fraction of sp³-hybridized carbons (Fsp3) is 0.120. The third-order valence-electron chi connectivity index (χ3n) is 5.10. The summed E-state index contributed by atoms with van der Waals surface area (Å²) in [6.07, 6.45) is -0.616. The van der Waals surface area contributed by atoms with E-state index in [-0.39, 0.29) is 17.0 Å². The van der Waals surface area contributed by atoms with E-state index in [0.29, 0.717) is 23.1 Å². The van der Waals surface area contributed by atoms with Crippen LogP contribution < -0.4 is 4.90 Å². The first-order valence-corrected chi connectivity index (χ1v) is 9.89. The van der Waals surface area contributed by atoms with Gasteiger partial charge in [-0.2, -0.15) is 0 Å². The van der Waals surface area contributed by atoms with Gasteiger partial charge in [0, 0.05) is 5.56 Å². The van der Waals surface area contributed by atoms with Gasteiger partial charge in [-0.1, -0.05) is 55.5 Å². The van der Waals surface area contributed by atoms with Gasteiger partial charge < -0.3 is 4.74 Å². The molecule has 6 heteroatoms. The van der Waals surface area contributed by atoms with Crippen LogP contribution in [0.3, 0.4) is 0 Å². The molecule has 0 N–H and O–H groups in total. The molecule has 0 radical (unpaired) electrons. The summed E-state index contributed by atoms with van der Waals surface area (Å²) in [7, 11) is 0. The minimum absolute atomic E-state index is 0.147. The predicted molar refractivity (Wildman–Crippen MR) is 114 cm³/mol. The quantitative estimate of drug-likeness (QED) is 0.342. The Labute approximate surface area is 179 Å². The number of ether oxygens (including phenoxy) is 1. The Morgan fingerprint density at radius 3 is 2.00 bits per heavy atom. The number of esters is 1. The SMILES string of the molecule is CCC(OC(=O)c1cccc(N2C(=O)c3ccccc3C2=O)c1)C(=O)c1ccccc1. The maximum Gasteiger partial charge on any atom is 0.338 e. The molecule has 3 aromatic carbocycles. The van der Waals surface area contributed by atoms with Crippen LogP contribution in [-0.4, -0.2) is 29.7 Å². The van der Waals surface area contributed by atoms with E-state index < -0.39 is 23.9 Å². The molecule has 0 saturated carbocycles. The molecule has 0 aliphatic carbocycles. The number of imide groups is 1.